The number of hydrogen-bond donors (Lipinski definition) is 2. The fraction of sp³-hybridized carbons (Fsp3) is 0.133. The van der Waals surface area contributed by atoms with Gasteiger partial charge in [0.2, 0.25) is 0 Å². The molecule has 21 heavy (non-hydrogen) atoms. The maximum atomic E-state index is 13.6. The lowest BCUT2D eigenvalue weighted by Crippen LogP contribution is -2.27. The zero-order valence-corrected chi connectivity index (χ0v) is 11.6. The standard InChI is InChI=1S/C15H14FN3O2/c1-9-3-5-12(16)10(7-9)4-6-13-18-8-11(14(20)17-2)15(21)19-13/h3-8H,1-2H3,(H,17,20)(H,18,19,21). The van der Waals surface area contributed by atoms with E-state index in [9.17, 15) is 14.0 Å². The molecule has 108 valence electrons. The largest absolute Gasteiger partial charge is 0.355 e. The first-order valence-electron chi connectivity index (χ1n) is 6.27. The Bertz CT molecular complexity index is 766. The first kappa shape index (κ1) is 14.6. The quantitative estimate of drug-likeness (QED) is 0.903. The summed E-state index contributed by atoms with van der Waals surface area (Å²) in [5.74, 6) is -0.626. The molecule has 5 nitrogen and oxygen atoms in total. The van der Waals surface area contributed by atoms with Crippen LogP contribution in [-0.4, -0.2) is 22.9 Å². The number of aryl methyl sites for hydroxylation is 1. The second-order valence-electron chi connectivity index (χ2n) is 4.45. The molecule has 0 radical (unpaired) electrons. The lowest BCUT2D eigenvalue weighted by atomic mass is 10.1. The number of amides is 1. The van der Waals surface area contributed by atoms with Crippen molar-refractivity contribution in [3.05, 3.63) is 63.1 Å². The van der Waals surface area contributed by atoms with Crippen molar-refractivity contribution < 1.29 is 9.18 Å². The van der Waals surface area contributed by atoms with Crippen molar-refractivity contribution >= 4 is 18.1 Å². The summed E-state index contributed by atoms with van der Waals surface area (Å²) in [6.45, 7) is 1.86. The third-order valence-corrected chi connectivity index (χ3v) is 2.86. The van der Waals surface area contributed by atoms with Gasteiger partial charge in [-0.15, -0.1) is 0 Å². The van der Waals surface area contributed by atoms with E-state index in [1.54, 1.807) is 12.1 Å². The molecule has 0 aliphatic heterocycles. The van der Waals surface area contributed by atoms with E-state index in [0.717, 1.165) is 5.56 Å². The van der Waals surface area contributed by atoms with E-state index >= 15 is 0 Å². The van der Waals surface area contributed by atoms with E-state index < -0.39 is 11.5 Å². The Morgan fingerprint density at radius 3 is 2.81 bits per heavy atom. The van der Waals surface area contributed by atoms with Crippen LogP contribution in [0.25, 0.3) is 12.2 Å². The predicted molar refractivity (Wildman–Crippen MR) is 78.3 cm³/mol. The Morgan fingerprint density at radius 1 is 1.38 bits per heavy atom. The van der Waals surface area contributed by atoms with Crippen molar-refractivity contribution in [2.75, 3.05) is 7.05 Å². The van der Waals surface area contributed by atoms with Crippen molar-refractivity contribution in [2.45, 2.75) is 6.92 Å². The number of nitrogens with one attached hydrogen (secondary N) is 2. The third-order valence-electron chi connectivity index (χ3n) is 2.86. The van der Waals surface area contributed by atoms with E-state index in [1.165, 1.54) is 31.5 Å². The number of H-pyrrole nitrogens is 1. The Balaban J connectivity index is 2.30. The average molecular weight is 287 g/mol. The minimum atomic E-state index is -0.547. The summed E-state index contributed by atoms with van der Waals surface area (Å²) in [6, 6.07) is 4.73. The summed E-state index contributed by atoms with van der Waals surface area (Å²) in [6.07, 6.45) is 4.18. The lowest BCUT2D eigenvalue weighted by molar-refractivity contribution is 0.0961. The van der Waals surface area contributed by atoms with Gasteiger partial charge in [-0.3, -0.25) is 9.59 Å². The molecular formula is C15H14FN3O2. The highest BCUT2D eigenvalue weighted by atomic mass is 19.1. The molecule has 2 rings (SSSR count). The highest BCUT2D eigenvalue weighted by Gasteiger charge is 2.08. The molecular weight excluding hydrogens is 273 g/mol. The van der Waals surface area contributed by atoms with Crippen molar-refractivity contribution in [2.24, 2.45) is 0 Å². The number of aromatic amines is 1. The van der Waals surface area contributed by atoms with E-state index in [2.05, 4.69) is 15.3 Å². The van der Waals surface area contributed by atoms with Crippen LogP contribution in [0.5, 0.6) is 0 Å². The van der Waals surface area contributed by atoms with Crippen molar-refractivity contribution in [3.8, 4) is 0 Å². The molecule has 0 saturated heterocycles. The molecule has 0 aliphatic carbocycles. The van der Waals surface area contributed by atoms with Crippen LogP contribution in [0.2, 0.25) is 0 Å². The number of benzene rings is 1. The molecule has 1 aromatic carbocycles. The number of hydrogen-bond acceptors (Lipinski definition) is 3. The van der Waals surface area contributed by atoms with Crippen LogP contribution in [0.15, 0.2) is 29.2 Å². The molecule has 0 unspecified atom stereocenters. The highest BCUT2D eigenvalue weighted by Crippen LogP contribution is 2.12. The molecule has 0 aliphatic rings. The van der Waals surface area contributed by atoms with Gasteiger partial charge >= 0.3 is 0 Å². The molecule has 1 heterocycles. The molecule has 0 bridgehead atoms. The monoisotopic (exact) mass is 287 g/mol. The van der Waals surface area contributed by atoms with E-state index in [0.29, 0.717) is 5.56 Å². The first-order chi connectivity index (χ1) is 10.0. The molecule has 0 spiro atoms. The Labute approximate surface area is 120 Å². The second kappa shape index (κ2) is 6.13. The number of carbonyl (C=O) groups excluding carboxylic acids is 1. The molecule has 1 aromatic heterocycles. The van der Waals surface area contributed by atoms with E-state index in [1.807, 2.05) is 6.92 Å². The van der Waals surface area contributed by atoms with Gasteiger partial charge in [-0.05, 0) is 31.2 Å². The maximum Gasteiger partial charge on any atom is 0.263 e. The normalized spacial score (nSPS) is 10.8. The van der Waals surface area contributed by atoms with Crippen LogP contribution in [0.4, 0.5) is 4.39 Å². The number of nitrogens with zero attached hydrogens (tertiary/aromatic N) is 1. The van der Waals surface area contributed by atoms with Gasteiger partial charge in [0, 0.05) is 18.8 Å². The highest BCUT2D eigenvalue weighted by molar-refractivity contribution is 5.93. The average Bonchev–Trinajstić information content (AvgIpc) is 2.47. The Morgan fingerprint density at radius 2 is 2.14 bits per heavy atom. The van der Waals surface area contributed by atoms with Crippen LogP contribution in [0, 0.1) is 12.7 Å². The first-order valence-corrected chi connectivity index (χ1v) is 6.27. The third kappa shape index (κ3) is 3.42. The maximum absolute atomic E-state index is 13.6. The van der Waals surface area contributed by atoms with Crippen molar-refractivity contribution in [3.63, 3.8) is 0 Å². The molecule has 2 aromatic rings. The van der Waals surface area contributed by atoms with Crippen molar-refractivity contribution in [1.82, 2.24) is 15.3 Å². The summed E-state index contributed by atoms with van der Waals surface area (Å²) in [5.41, 5.74) is 0.700. The fourth-order valence-electron chi connectivity index (χ4n) is 1.75. The topological polar surface area (TPSA) is 74.8 Å². The van der Waals surface area contributed by atoms with Gasteiger partial charge in [0.25, 0.3) is 11.5 Å². The summed E-state index contributed by atoms with van der Waals surface area (Å²) >= 11 is 0. The summed E-state index contributed by atoms with van der Waals surface area (Å²) in [5, 5.41) is 2.35. The van der Waals surface area contributed by atoms with Crippen LogP contribution in [0.3, 0.4) is 0 Å². The van der Waals surface area contributed by atoms with Crippen molar-refractivity contribution in [1.29, 1.82) is 0 Å². The molecule has 0 fully saturated rings. The number of halogens is 1. The number of rotatable bonds is 3. The predicted octanol–water partition coefficient (Wildman–Crippen LogP) is 1.75. The SMILES string of the molecule is CNC(=O)c1cnc(C=Cc2cc(C)ccc2F)[nH]c1=O. The van der Waals surface area contributed by atoms with Crippen LogP contribution in [0.1, 0.15) is 27.3 Å². The van der Waals surface area contributed by atoms with Gasteiger partial charge in [0.05, 0.1) is 0 Å². The molecule has 1 amide bonds. The Hall–Kier alpha value is -2.76. The van der Waals surface area contributed by atoms with Gasteiger partial charge in [0.1, 0.15) is 17.2 Å². The smallest absolute Gasteiger partial charge is 0.263 e. The van der Waals surface area contributed by atoms with Gasteiger partial charge < -0.3 is 10.3 Å². The van der Waals surface area contributed by atoms with Crippen LogP contribution < -0.4 is 10.9 Å². The number of carbonyl (C=O) groups is 1. The summed E-state index contributed by atoms with van der Waals surface area (Å²) in [4.78, 5) is 29.5. The summed E-state index contributed by atoms with van der Waals surface area (Å²) < 4.78 is 13.6. The summed E-state index contributed by atoms with van der Waals surface area (Å²) in [7, 11) is 1.43. The van der Waals surface area contributed by atoms with E-state index in [-0.39, 0.29) is 17.2 Å². The van der Waals surface area contributed by atoms with Gasteiger partial charge in [-0.2, -0.15) is 0 Å². The minimum absolute atomic E-state index is 0.0728. The lowest BCUT2D eigenvalue weighted by Gasteiger charge is -2.00. The van der Waals surface area contributed by atoms with Gasteiger partial charge in [-0.1, -0.05) is 11.6 Å². The Kier molecular flexibility index (Phi) is 4.27. The van der Waals surface area contributed by atoms with Gasteiger partial charge in [-0.25, -0.2) is 9.37 Å². The molecule has 6 heteroatoms. The van der Waals surface area contributed by atoms with E-state index in [4.69, 9.17) is 0 Å². The molecule has 0 saturated carbocycles. The number of aromatic nitrogens is 2. The molecule has 0 atom stereocenters. The van der Waals surface area contributed by atoms with Crippen LogP contribution >= 0.6 is 0 Å². The zero-order valence-electron chi connectivity index (χ0n) is 11.6. The zero-order chi connectivity index (χ0) is 15.4. The van der Waals surface area contributed by atoms with Gasteiger partial charge in [0.15, 0.2) is 0 Å². The van der Waals surface area contributed by atoms with Crippen LogP contribution in [-0.2, 0) is 0 Å². The molecule has 2 N–H and O–H groups in total. The minimum Gasteiger partial charge on any atom is -0.355 e. The second-order valence-corrected chi connectivity index (χ2v) is 4.45. The fourth-order valence-corrected chi connectivity index (χ4v) is 1.75.